The molecule has 0 spiro atoms. The molecule has 0 amide bonds. The molecule has 3 N–H and O–H groups in total. The summed E-state index contributed by atoms with van der Waals surface area (Å²) in [6.45, 7) is 0.189. The van der Waals surface area contributed by atoms with Gasteiger partial charge in [-0.05, 0) is 18.3 Å². The lowest BCUT2D eigenvalue weighted by molar-refractivity contribution is 0.221. The molecular formula is C10H19NO. The quantitative estimate of drug-likeness (QED) is 0.654. The first-order valence-corrected chi connectivity index (χ1v) is 5.16. The lowest BCUT2D eigenvalue weighted by atomic mass is 9.84. The zero-order chi connectivity index (χ0) is 8.60. The van der Waals surface area contributed by atoms with Gasteiger partial charge in [-0.15, -0.1) is 0 Å². The highest BCUT2D eigenvalue weighted by Crippen LogP contribution is 2.50. The first-order chi connectivity index (χ1) is 5.76. The van der Waals surface area contributed by atoms with E-state index >= 15 is 0 Å². The van der Waals surface area contributed by atoms with Gasteiger partial charge in [-0.1, -0.05) is 32.1 Å². The van der Waals surface area contributed by atoms with Crippen molar-refractivity contribution in [2.75, 3.05) is 6.61 Å². The topological polar surface area (TPSA) is 46.2 Å². The zero-order valence-electron chi connectivity index (χ0n) is 7.63. The van der Waals surface area contributed by atoms with E-state index in [0.717, 1.165) is 12.3 Å². The third kappa shape index (κ3) is 1.38. The maximum atomic E-state index is 9.04. The van der Waals surface area contributed by atoms with Crippen molar-refractivity contribution in [2.45, 2.75) is 44.1 Å². The molecule has 2 saturated carbocycles. The molecule has 0 aromatic heterocycles. The van der Waals surface area contributed by atoms with E-state index in [1.165, 1.54) is 32.1 Å². The van der Waals surface area contributed by atoms with Crippen molar-refractivity contribution in [3.8, 4) is 0 Å². The van der Waals surface area contributed by atoms with Crippen molar-refractivity contribution in [1.82, 2.24) is 0 Å². The monoisotopic (exact) mass is 169 g/mol. The van der Waals surface area contributed by atoms with Crippen LogP contribution in [0.15, 0.2) is 0 Å². The van der Waals surface area contributed by atoms with Gasteiger partial charge in [0.25, 0.3) is 0 Å². The summed E-state index contributed by atoms with van der Waals surface area (Å²) in [5.41, 5.74) is 5.79. The highest BCUT2D eigenvalue weighted by molar-refractivity contribution is 5.10. The summed E-state index contributed by atoms with van der Waals surface area (Å²) in [6, 6.07) is 0. The number of aliphatic hydroxyl groups excluding tert-OH is 1. The van der Waals surface area contributed by atoms with Crippen molar-refractivity contribution in [3.63, 3.8) is 0 Å². The van der Waals surface area contributed by atoms with E-state index in [0.29, 0.717) is 5.92 Å². The SMILES string of the molecule is NC1(CO)CC1C1CCCCC1. The van der Waals surface area contributed by atoms with E-state index in [-0.39, 0.29) is 12.1 Å². The maximum absolute atomic E-state index is 9.04. The molecule has 2 aliphatic rings. The van der Waals surface area contributed by atoms with E-state index < -0.39 is 0 Å². The summed E-state index contributed by atoms with van der Waals surface area (Å²) in [4.78, 5) is 0. The Morgan fingerprint density at radius 3 is 2.42 bits per heavy atom. The largest absolute Gasteiger partial charge is 0.394 e. The van der Waals surface area contributed by atoms with E-state index in [1.54, 1.807) is 0 Å². The van der Waals surface area contributed by atoms with Gasteiger partial charge in [-0.25, -0.2) is 0 Å². The van der Waals surface area contributed by atoms with E-state index in [9.17, 15) is 0 Å². The highest BCUT2D eigenvalue weighted by atomic mass is 16.3. The van der Waals surface area contributed by atoms with Crippen molar-refractivity contribution < 1.29 is 5.11 Å². The zero-order valence-corrected chi connectivity index (χ0v) is 7.63. The summed E-state index contributed by atoms with van der Waals surface area (Å²) in [5.74, 6) is 1.47. The van der Waals surface area contributed by atoms with Crippen LogP contribution in [0.3, 0.4) is 0 Å². The molecule has 2 fully saturated rings. The fourth-order valence-electron chi connectivity index (χ4n) is 2.70. The van der Waals surface area contributed by atoms with E-state index in [1.807, 2.05) is 0 Å². The minimum Gasteiger partial charge on any atom is -0.394 e. The standard InChI is InChI=1S/C10H19NO/c11-10(7-12)6-9(10)8-4-2-1-3-5-8/h8-9,12H,1-7,11H2. The van der Waals surface area contributed by atoms with Gasteiger partial charge in [0, 0.05) is 5.54 Å². The van der Waals surface area contributed by atoms with E-state index in [2.05, 4.69) is 0 Å². The molecule has 2 unspecified atom stereocenters. The molecule has 0 aliphatic heterocycles. The van der Waals surface area contributed by atoms with Gasteiger partial charge in [0.05, 0.1) is 6.61 Å². The minimum absolute atomic E-state index is 0.179. The number of rotatable bonds is 2. The van der Waals surface area contributed by atoms with Gasteiger partial charge in [0.2, 0.25) is 0 Å². The lowest BCUT2D eigenvalue weighted by Crippen LogP contribution is -2.32. The van der Waals surface area contributed by atoms with Crippen LogP contribution < -0.4 is 5.73 Å². The van der Waals surface area contributed by atoms with Gasteiger partial charge in [-0.3, -0.25) is 0 Å². The van der Waals surface area contributed by atoms with Gasteiger partial charge in [0.15, 0.2) is 0 Å². The van der Waals surface area contributed by atoms with Crippen LogP contribution in [0.25, 0.3) is 0 Å². The molecule has 2 nitrogen and oxygen atoms in total. The molecule has 0 saturated heterocycles. The second kappa shape index (κ2) is 3.00. The Bertz CT molecular complexity index is 162. The summed E-state index contributed by atoms with van der Waals surface area (Å²) in [7, 11) is 0. The number of hydrogen-bond donors (Lipinski definition) is 2. The molecule has 2 atom stereocenters. The van der Waals surface area contributed by atoms with Crippen LogP contribution in [-0.4, -0.2) is 17.3 Å². The Kier molecular flexibility index (Phi) is 2.13. The molecule has 2 heteroatoms. The number of nitrogens with two attached hydrogens (primary N) is 1. The van der Waals surface area contributed by atoms with Crippen molar-refractivity contribution in [3.05, 3.63) is 0 Å². The van der Waals surface area contributed by atoms with Crippen molar-refractivity contribution in [1.29, 1.82) is 0 Å². The number of aliphatic hydroxyl groups is 1. The third-order valence-corrected chi connectivity index (χ3v) is 3.69. The molecule has 2 aliphatic carbocycles. The Labute approximate surface area is 74.1 Å². The average molecular weight is 169 g/mol. The second-order valence-electron chi connectivity index (χ2n) is 4.60. The van der Waals surface area contributed by atoms with Crippen LogP contribution >= 0.6 is 0 Å². The maximum Gasteiger partial charge on any atom is 0.0614 e. The smallest absolute Gasteiger partial charge is 0.0614 e. The van der Waals surface area contributed by atoms with Crippen LogP contribution in [0.4, 0.5) is 0 Å². The van der Waals surface area contributed by atoms with Crippen LogP contribution in [0.5, 0.6) is 0 Å². The molecule has 0 aromatic rings. The van der Waals surface area contributed by atoms with Gasteiger partial charge < -0.3 is 10.8 Å². The first-order valence-electron chi connectivity index (χ1n) is 5.16. The first kappa shape index (κ1) is 8.52. The van der Waals surface area contributed by atoms with Crippen LogP contribution in [0, 0.1) is 11.8 Å². The lowest BCUT2D eigenvalue weighted by Gasteiger charge is -2.23. The Hall–Kier alpha value is -0.0800. The molecule has 0 heterocycles. The van der Waals surface area contributed by atoms with Crippen LogP contribution in [-0.2, 0) is 0 Å². The Morgan fingerprint density at radius 2 is 1.92 bits per heavy atom. The third-order valence-electron chi connectivity index (χ3n) is 3.69. The summed E-state index contributed by atoms with van der Waals surface area (Å²) in [5, 5.41) is 9.04. The number of hydrogen-bond acceptors (Lipinski definition) is 2. The Balaban J connectivity index is 1.86. The summed E-state index contributed by atoms with van der Waals surface area (Å²) < 4.78 is 0. The molecule has 70 valence electrons. The van der Waals surface area contributed by atoms with Crippen molar-refractivity contribution >= 4 is 0 Å². The van der Waals surface area contributed by atoms with Crippen LogP contribution in [0.2, 0.25) is 0 Å². The normalized spacial score (nSPS) is 43.0. The predicted molar refractivity (Wildman–Crippen MR) is 48.7 cm³/mol. The molecular weight excluding hydrogens is 150 g/mol. The van der Waals surface area contributed by atoms with Gasteiger partial charge in [0.1, 0.15) is 0 Å². The Morgan fingerprint density at radius 1 is 1.25 bits per heavy atom. The molecule has 12 heavy (non-hydrogen) atoms. The fraction of sp³-hybridized carbons (Fsp3) is 1.00. The van der Waals surface area contributed by atoms with E-state index in [4.69, 9.17) is 10.8 Å². The molecule has 2 rings (SSSR count). The molecule has 0 radical (unpaired) electrons. The summed E-state index contributed by atoms with van der Waals surface area (Å²) in [6.07, 6.45) is 7.92. The second-order valence-corrected chi connectivity index (χ2v) is 4.60. The van der Waals surface area contributed by atoms with Gasteiger partial charge in [-0.2, -0.15) is 0 Å². The molecule has 0 bridgehead atoms. The van der Waals surface area contributed by atoms with Crippen molar-refractivity contribution in [2.24, 2.45) is 17.6 Å². The summed E-state index contributed by atoms with van der Waals surface area (Å²) >= 11 is 0. The fourth-order valence-corrected chi connectivity index (χ4v) is 2.70. The van der Waals surface area contributed by atoms with Crippen LogP contribution in [0.1, 0.15) is 38.5 Å². The average Bonchev–Trinajstić information content (AvgIpc) is 2.81. The van der Waals surface area contributed by atoms with Gasteiger partial charge >= 0.3 is 0 Å². The predicted octanol–water partition coefficient (Wildman–Crippen LogP) is 1.28. The minimum atomic E-state index is -0.179. The molecule has 0 aromatic carbocycles. The highest BCUT2D eigenvalue weighted by Gasteiger charge is 2.53.